The number of carbonyl (C=O) groups is 2. The second-order valence-electron chi connectivity index (χ2n) is 4.35. The molecule has 0 saturated heterocycles. The van der Waals surface area contributed by atoms with E-state index in [0.717, 1.165) is 4.90 Å². The van der Waals surface area contributed by atoms with Gasteiger partial charge in [0.25, 0.3) is 0 Å². The van der Waals surface area contributed by atoms with E-state index in [1.54, 1.807) is 24.3 Å². The summed E-state index contributed by atoms with van der Waals surface area (Å²) in [5.74, 6) is 0.389. The molecule has 0 unspecified atom stereocenters. The predicted octanol–water partition coefficient (Wildman–Crippen LogP) is 2.03. The lowest BCUT2D eigenvalue weighted by molar-refractivity contribution is -0.116. The number of amides is 2. The first kappa shape index (κ1) is 14.6. The van der Waals surface area contributed by atoms with Crippen LogP contribution in [0, 0.1) is 0 Å². The first-order valence-electron chi connectivity index (χ1n) is 6.19. The van der Waals surface area contributed by atoms with Crippen molar-refractivity contribution in [1.82, 2.24) is 4.98 Å². The molecule has 0 saturated carbocycles. The molecule has 0 spiro atoms. The third-order valence-corrected chi connectivity index (χ3v) is 2.71. The number of primary amides is 1. The fourth-order valence-corrected chi connectivity index (χ4v) is 1.87. The summed E-state index contributed by atoms with van der Waals surface area (Å²) in [6, 6.07) is 6.05. The van der Waals surface area contributed by atoms with Gasteiger partial charge in [-0.25, -0.2) is 9.69 Å². The third-order valence-electron chi connectivity index (χ3n) is 2.71. The van der Waals surface area contributed by atoms with Gasteiger partial charge < -0.3 is 14.9 Å². The monoisotopic (exact) mass is 289 g/mol. The average Bonchev–Trinajstić information content (AvgIpc) is 2.86. The van der Waals surface area contributed by atoms with Gasteiger partial charge in [0.1, 0.15) is 17.8 Å². The Labute approximate surface area is 121 Å². The summed E-state index contributed by atoms with van der Waals surface area (Å²) in [6.07, 6.45) is 1.45. The molecule has 0 atom stereocenters. The molecular weight excluding hydrogens is 274 g/mol. The molecule has 2 amide bonds. The van der Waals surface area contributed by atoms with Crippen LogP contribution in [0.1, 0.15) is 12.6 Å². The zero-order valence-corrected chi connectivity index (χ0v) is 11.7. The lowest BCUT2D eigenvalue weighted by Crippen LogP contribution is -2.32. The van der Waals surface area contributed by atoms with E-state index < -0.39 is 6.03 Å². The summed E-state index contributed by atoms with van der Waals surface area (Å²) in [6.45, 7) is 1.44. The van der Waals surface area contributed by atoms with Crippen LogP contribution in [0.25, 0.3) is 0 Å². The number of methoxy groups -OCH3 is 1. The molecule has 0 aliphatic heterocycles. The number of oxazole rings is 1. The molecule has 110 valence electrons. The molecule has 21 heavy (non-hydrogen) atoms. The number of rotatable bonds is 5. The summed E-state index contributed by atoms with van der Waals surface area (Å²) in [7, 11) is 1.48. The van der Waals surface area contributed by atoms with Crippen LogP contribution in [0.5, 0.6) is 5.75 Å². The average molecular weight is 289 g/mol. The van der Waals surface area contributed by atoms with Gasteiger partial charge in [0.15, 0.2) is 0 Å². The van der Waals surface area contributed by atoms with Crippen LogP contribution in [-0.4, -0.2) is 23.9 Å². The highest BCUT2D eigenvalue weighted by Crippen LogP contribution is 2.32. The molecular formula is C14H15N3O4. The first-order valence-corrected chi connectivity index (χ1v) is 6.19. The fourth-order valence-electron chi connectivity index (χ4n) is 1.87. The van der Waals surface area contributed by atoms with Crippen LogP contribution in [0.15, 0.2) is 34.9 Å². The second kappa shape index (κ2) is 6.08. The minimum atomic E-state index is -0.768. The van der Waals surface area contributed by atoms with Crippen molar-refractivity contribution in [1.29, 1.82) is 0 Å². The molecule has 1 aromatic carbocycles. The van der Waals surface area contributed by atoms with Crippen LogP contribution in [0.3, 0.4) is 0 Å². The smallest absolute Gasteiger partial charge is 0.327 e. The predicted molar refractivity (Wildman–Crippen MR) is 75.6 cm³/mol. The molecule has 2 rings (SSSR count). The maximum absolute atomic E-state index is 11.7. The highest BCUT2D eigenvalue weighted by Gasteiger charge is 2.23. The van der Waals surface area contributed by atoms with E-state index in [1.165, 1.54) is 20.3 Å². The highest BCUT2D eigenvalue weighted by molar-refractivity contribution is 5.97. The van der Waals surface area contributed by atoms with Crippen molar-refractivity contribution >= 4 is 23.5 Å². The van der Waals surface area contributed by atoms with Crippen LogP contribution in [0.4, 0.5) is 16.5 Å². The van der Waals surface area contributed by atoms with Crippen molar-refractivity contribution in [3.8, 4) is 5.75 Å². The summed E-state index contributed by atoms with van der Waals surface area (Å²) in [4.78, 5) is 28.0. The van der Waals surface area contributed by atoms with Gasteiger partial charge in [-0.2, -0.15) is 4.98 Å². The standard InChI is InChI=1S/C14H15N3O4/c1-9(18)7-10-8-21-14(16-10)17(13(15)19)11-5-3-4-6-12(11)20-2/h3-6,8H,7H2,1-2H3,(H2,15,19). The summed E-state index contributed by atoms with van der Waals surface area (Å²) < 4.78 is 10.4. The Kier molecular flexibility index (Phi) is 4.22. The van der Waals surface area contributed by atoms with Gasteiger partial charge >= 0.3 is 12.0 Å². The van der Waals surface area contributed by atoms with E-state index in [0.29, 0.717) is 17.1 Å². The van der Waals surface area contributed by atoms with Gasteiger partial charge in [-0.3, -0.25) is 4.79 Å². The molecule has 7 nitrogen and oxygen atoms in total. The van der Waals surface area contributed by atoms with Crippen molar-refractivity contribution in [3.05, 3.63) is 36.2 Å². The number of carbonyl (C=O) groups excluding carboxylic acids is 2. The van der Waals surface area contributed by atoms with Gasteiger partial charge in [-0.15, -0.1) is 0 Å². The number of ether oxygens (including phenoxy) is 1. The zero-order chi connectivity index (χ0) is 15.4. The molecule has 1 heterocycles. The van der Waals surface area contributed by atoms with E-state index in [1.807, 2.05) is 0 Å². The Morgan fingerprint density at radius 2 is 2.10 bits per heavy atom. The van der Waals surface area contributed by atoms with Crippen LogP contribution < -0.4 is 15.4 Å². The summed E-state index contributed by atoms with van der Waals surface area (Å²) >= 11 is 0. The molecule has 1 aromatic heterocycles. The van der Waals surface area contributed by atoms with Crippen molar-refractivity contribution in [2.45, 2.75) is 13.3 Å². The maximum Gasteiger partial charge on any atom is 0.327 e. The minimum absolute atomic E-state index is 0.0109. The minimum Gasteiger partial charge on any atom is -0.495 e. The maximum atomic E-state index is 11.7. The van der Waals surface area contributed by atoms with Gasteiger partial charge in [0, 0.05) is 0 Å². The number of anilines is 2. The Morgan fingerprint density at radius 3 is 2.71 bits per heavy atom. The van der Waals surface area contributed by atoms with Crippen molar-refractivity contribution in [2.75, 3.05) is 12.0 Å². The van der Waals surface area contributed by atoms with Gasteiger partial charge in [0.05, 0.1) is 24.9 Å². The fraction of sp³-hybridized carbons (Fsp3) is 0.214. The van der Waals surface area contributed by atoms with Gasteiger partial charge in [-0.05, 0) is 19.1 Å². The normalized spacial score (nSPS) is 10.2. The van der Waals surface area contributed by atoms with Crippen LogP contribution >= 0.6 is 0 Å². The van der Waals surface area contributed by atoms with Crippen LogP contribution in [-0.2, 0) is 11.2 Å². The molecule has 7 heteroatoms. The van der Waals surface area contributed by atoms with E-state index in [2.05, 4.69) is 4.98 Å². The van der Waals surface area contributed by atoms with Crippen molar-refractivity contribution < 1.29 is 18.7 Å². The Bertz CT molecular complexity index is 666. The second-order valence-corrected chi connectivity index (χ2v) is 4.35. The Hall–Kier alpha value is -2.83. The lowest BCUT2D eigenvalue weighted by atomic mass is 10.2. The van der Waals surface area contributed by atoms with Crippen LogP contribution in [0.2, 0.25) is 0 Å². The number of nitrogens with zero attached hydrogens (tertiary/aromatic N) is 2. The summed E-state index contributed by atoms with van der Waals surface area (Å²) in [5.41, 5.74) is 6.23. The molecule has 0 radical (unpaired) electrons. The number of hydrogen-bond donors (Lipinski definition) is 1. The topological polar surface area (TPSA) is 98.7 Å². The quantitative estimate of drug-likeness (QED) is 0.908. The Morgan fingerprint density at radius 1 is 1.38 bits per heavy atom. The number of ketones is 1. The number of para-hydroxylation sites is 2. The Balaban J connectivity index is 2.42. The lowest BCUT2D eigenvalue weighted by Gasteiger charge is -2.18. The van der Waals surface area contributed by atoms with Crippen molar-refractivity contribution in [3.63, 3.8) is 0 Å². The van der Waals surface area contributed by atoms with E-state index in [9.17, 15) is 9.59 Å². The van der Waals surface area contributed by atoms with E-state index >= 15 is 0 Å². The number of Topliss-reactive ketones (excluding diaryl/α,β-unsaturated/α-hetero) is 1. The molecule has 2 aromatic rings. The number of nitrogens with two attached hydrogens (primary N) is 1. The number of benzene rings is 1. The zero-order valence-electron chi connectivity index (χ0n) is 11.7. The number of urea groups is 1. The number of aromatic nitrogens is 1. The third kappa shape index (κ3) is 3.19. The van der Waals surface area contributed by atoms with E-state index in [4.69, 9.17) is 14.9 Å². The molecule has 2 N–H and O–H groups in total. The summed E-state index contributed by atoms with van der Waals surface area (Å²) in [5, 5.41) is 0. The molecule has 0 aliphatic rings. The molecule has 0 bridgehead atoms. The van der Waals surface area contributed by atoms with Gasteiger partial charge in [-0.1, -0.05) is 12.1 Å². The SMILES string of the molecule is COc1ccccc1N(C(N)=O)c1nc(CC(C)=O)co1. The van der Waals surface area contributed by atoms with Crippen molar-refractivity contribution in [2.24, 2.45) is 5.73 Å². The number of hydrogen-bond acceptors (Lipinski definition) is 5. The van der Waals surface area contributed by atoms with Gasteiger partial charge in [0.2, 0.25) is 0 Å². The largest absolute Gasteiger partial charge is 0.495 e. The molecule has 0 fully saturated rings. The highest BCUT2D eigenvalue weighted by atomic mass is 16.5. The van der Waals surface area contributed by atoms with E-state index in [-0.39, 0.29) is 18.2 Å². The first-order chi connectivity index (χ1) is 10.0. The molecule has 0 aliphatic carbocycles.